The van der Waals surface area contributed by atoms with Gasteiger partial charge < -0.3 is 9.84 Å². The third-order valence-corrected chi connectivity index (χ3v) is 2.30. The Morgan fingerprint density at radius 3 is 2.06 bits per heavy atom. The molecule has 0 fully saturated rings. The van der Waals surface area contributed by atoms with Gasteiger partial charge in [-0.25, -0.2) is 9.59 Å². The van der Waals surface area contributed by atoms with Crippen molar-refractivity contribution in [2.45, 2.75) is 52.3 Å². The van der Waals surface area contributed by atoms with Crippen LogP contribution in [-0.2, 0) is 9.53 Å². The van der Waals surface area contributed by atoms with Crippen LogP contribution in [0.15, 0.2) is 0 Å². The molecule has 1 atom stereocenters. The SMILES string of the molecule is CC(C)N(C(=O)OC(C)(C)C)[C@H](CS)C(=O)O. The van der Waals surface area contributed by atoms with Crippen LogP contribution < -0.4 is 0 Å². The van der Waals surface area contributed by atoms with Crippen molar-refractivity contribution < 1.29 is 19.4 Å². The molecular formula is C11H21NO4S. The number of amides is 1. The quantitative estimate of drug-likeness (QED) is 0.761. The van der Waals surface area contributed by atoms with Crippen molar-refractivity contribution in [2.24, 2.45) is 0 Å². The number of carbonyl (C=O) groups is 2. The molecular weight excluding hydrogens is 242 g/mol. The number of carboxylic acid groups (broad SMARTS) is 1. The topological polar surface area (TPSA) is 66.8 Å². The average Bonchev–Trinajstić information content (AvgIpc) is 2.08. The maximum atomic E-state index is 11.9. The maximum Gasteiger partial charge on any atom is 0.411 e. The number of carboxylic acids is 1. The first-order valence-electron chi connectivity index (χ1n) is 5.45. The van der Waals surface area contributed by atoms with Crippen molar-refractivity contribution in [1.29, 1.82) is 0 Å². The summed E-state index contributed by atoms with van der Waals surface area (Å²) in [5, 5.41) is 9.04. The van der Waals surface area contributed by atoms with E-state index in [1.54, 1.807) is 34.6 Å². The summed E-state index contributed by atoms with van der Waals surface area (Å²) in [6, 6.07) is -1.24. The molecule has 0 aliphatic rings. The predicted octanol–water partition coefficient (Wildman–Crippen LogP) is 2.01. The molecule has 0 spiro atoms. The van der Waals surface area contributed by atoms with Crippen molar-refractivity contribution in [1.82, 2.24) is 4.90 Å². The molecule has 17 heavy (non-hydrogen) atoms. The number of thiol groups is 1. The van der Waals surface area contributed by atoms with Gasteiger partial charge in [-0.05, 0) is 34.6 Å². The van der Waals surface area contributed by atoms with Gasteiger partial charge in [-0.2, -0.15) is 12.6 Å². The van der Waals surface area contributed by atoms with Crippen LogP contribution in [0.4, 0.5) is 4.79 Å². The largest absolute Gasteiger partial charge is 0.480 e. The Bertz CT molecular complexity index is 286. The smallest absolute Gasteiger partial charge is 0.411 e. The predicted molar refractivity (Wildman–Crippen MR) is 68.5 cm³/mol. The van der Waals surface area contributed by atoms with Crippen molar-refractivity contribution in [3.8, 4) is 0 Å². The van der Waals surface area contributed by atoms with Crippen LogP contribution >= 0.6 is 12.6 Å². The molecule has 6 heteroatoms. The minimum atomic E-state index is -1.08. The van der Waals surface area contributed by atoms with Gasteiger partial charge in [0.2, 0.25) is 0 Å². The Labute approximate surface area is 108 Å². The van der Waals surface area contributed by atoms with Crippen molar-refractivity contribution in [2.75, 3.05) is 5.75 Å². The number of aliphatic carboxylic acids is 1. The average molecular weight is 263 g/mol. The van der Waals surface area contributed by atoms with Gasteiger partial charge in [0.15, 0.2) is 0 Å². The van der Waals surface area contributed by atoms with Crippen molar-refractivity contribution in [3.05, 3.63) is 0 Å². The van der Waals surface area contributed by atoms with Crippen LogP contribution in [0.1, 0.15) is 34.6 Å². The van der Waals surface area contributed by atoms with Gasteiger partial charge in [-0.1, -0.05) is 0 Å². The van der Waals surface area contributed by atoms with Crippen LogP contribution in [0.25, 0.3) is 0 Å². The zero-order valence-electron chi connectivity index (χ0n) is 10.9. The standard InChI is InChI=1S/C11H21NO4S/c1-7(2)12(8(6-17)9(13)14)10(15)16-11(3,4)5/h7-8,17H,6H2,1-5H3,(H,13,14)/t8-/m1/s1. The van der Waals surface area contributed by atoms with Crippen molar-refractivity contribution in [3.63, 3.8) is 0 Å². The molecule has 0 aromatic rings. The zero-order valence-corrected chi connectivity index (χ0v) is 11.8. The molecule has 0 radical (unpaired) electrons. The highest BCUT2D eigenvalue weighted by atomic mass is 32.1. The summed E-state index contributed by atoms with van der Waals surface area (Å²) < 4.78 is 5.18. The highest BCUT2D eigenvalue weighted by Gasteiger charge is 2.33. The Hall–Kier alpha value is -0.910. The van der Waals surface area contributed by atoms with Crippen LogP contribution in [0.5, 0.6) is 0 Å². The lowest BCUT2D eigenvalue weighted by atomic mass is 10.2. The molecule has 1 amide bonds. The third-order valence-electron chi connectivity index (χ3n) is 1.95. The van der Waals surface area contributed by atoms with Gasteiger partial charge in [0.1, 0.15) is 11.6 Å². The maximum absolute atomic E-state index is 11.9. The number of rotatable bonds is 4. The van der Waals surface area contributed by atoms with Gasteiger partial charge in [-0.3, -0.25) is 4.90 Å². The van der Waals surface area contributed by atoms with Crippen LogP contribution in [0, 0.1) is 0 Å². The molecule has 0 aromatic heterocycles. The van der Waals surface area contributed by atoms with E-state index in [0.29, 0.717) is 0 Å². The summed E-state index contributed by atoms with van der Waals surface area (Å²) in [6.45, 7) is 8.69. The first-order chi connectivity index (χ1) is 7.60. The summed E-state index contributed by atoms with van der Waals surface area (Å²) >= 11 is 3.96. The lowest BCUT2D eigenvalue weighted by Gasteiger charge is -2.33. The monoisotopic (exact) mass is 263 g/mol. The van der Waals surface area contributed by atoms with Crippen LogP contribution in [0.3, 0.4) is 0 Å². The third kappa shape index (κ3) is 5.30. The summed E-state index contributed by atoms with van der Waals surface area (Å²) in [7, 11) is 0. The zero-order chi connectivity index (χ0) is 13.8. The Morgan fingerprint density at radius 1 is 1.35 bits per heavy atom. The molecule has 0 aliphatic heterocycles. The highest BCUT2D eigenvalue weighted by molar-refractivity contribution is 7.80. The fraction of sp³-hybridized carbons (Fsp3) is 0.818. The van der Waals surface area contributed by atoms with Gasteiger partial charge in [0.05, 0.1) is 0 Å². The van der Waals surface area contributed by atoms with E-state index in [2.05, 4.69) is 12.6 Å². The van der Waals surface area contributed by atoms with E-state index in [4.69, 9.17) is 9.84 Å². The molecule has 0 aliphatic carbocycles. The molecule has 5 nitrogen and oxygen atoms in total. The number of nitrogens with zero attached hydrogens (tertiary/aromatic N) is 1. The summed E-state index contributed by atoms with van der Waals surface area (Å²) in [4.78, 5) is 24.2. The minimum Gasteiger partial charge on any atom is -0.480 e. The number of hydrogen-bond donors (Lipinski definition) is 2. The van der Waals surface area contributed by atoms with Gasteiger partial charge in [0, 0.05) is 11.8 Å². The molecule has 100 valence electrons. The van der Waals surface area contributed by atoms with E-state index in [0.717, 1.165) is 0 Å². The summed E-state index contributed by atoms with van der Waals surface area (Å²) in [5.74, 6) is -1.04. The first-order valence-corrected chi connectivity index (χ1v) is 6.08. The molecule has 0 saturated carbocycles. The van der Waals surface area contributed by atoms with E-state index >= 15 is 0 Å². The molecule has 0 aromatic carbocycles. The number of carbonyl (C=O) groups excluding carboxylic acids is 1. The van der Waals surface area contributed by atoms with Crippen LogP contribution in [0.2, 0.25) is 0 Å². The molecule has 0 bridgehead atoms. The second-order valence-electron chi connectivity index (χ2n) is 5.02. The Kier molecular flexibility index (Phi) is 5.81. The van der Waals surface area contributed by atoms with Crippen molar-refractivity contribution >= 4 is 24.7 Å². The van der Waals surface area contributed by atoms with E-state index < -0.39 is 23.7 Å². The fourth-order valence-corrected chi connectivity index (χ4v) is 1.63. The second kappa shape index (κ2) is 6.14. The van der Waals surface area contributed by atoms with Crippen LogP contribution in [-0.4, -0.2) is 45.5 Å². The highest BCUT2D eigenvalue weighted by Crippen LogP contribution is 2.15. The lowest BCUT2D eigenvalue weighted by Crippen LogP contribution is -2.51. The fourth-order valence-electron chi connectivity index (χ4n) is 1.30. The number of ether oxygens (including phenoxy) is 1. The minimum absolute atomic E-state index is 0.0484. The normalized spacial score (nSPS) is 13.4. The summed E-state index contributed by atoms with van der Waals surface area (Å²) in [5.41, 5.74) is -0.649. The molecule has 0 heterocycles. The summed E-state index contributed by atoms with van der Waals surface area (Å²) in [6.07, 6.45) is -0.631. The van der Waals surface area contributed by atoms with E-state index in [1.165, 1.54) is 4.90 Å². The Morgan fingerprint density at radius 2 is 1.82 bits per heavy atom. The lowest BCUT2D eigenvalue weighted by molar-refractivity contribution is -0.142. The van der Waals surface area contributed by atoms with E-state index in [-0.39, 0.29) is 11.8 Å². The van der Waals surface area contributed by atoms with Gasteiger partial charge in [-0.15, -0.1) is 0 Å². The molecule has 0 saturated heterocycles. The van der Waals surface area contributed by atoms with E-state index in [9.17, 15) is 9.59 Å². The van der Waals surface area contributed by atoms with Gasteiger partial charge in [0.25, 0.3) is 0 Å². The van der Waals surface area contributed by atoms with Gasteiger partial charge >= 0.3 is 12.1 Å². The molecule has 0 unspecified atom stereocenters. The number of hydrogen-bond acceptors (Lipinski definition) is 4. The molecule has 0 rings (SSSR count). The molecule has 1 N–H and O–H groups in total. The second-order valence-corrected chi connectivity index (χ2v) is 5.38. The first kappa shape index (κ1) is 16.1. The van der Waals surface area contributed by atoms with E-state index in [1.807, 2.05) is 0 Å². The Balaban J connectivity index is 4.97.